The van der Waals surface area contributed by atoms with Gasteiger partial charge in [-0.25, -0.2) is 4.79 Å². The number of hydrogen-bond donors (Lipinski definition) is 1. The number of halogens is 2. The number of hydrogen-bond acceptors (Lipinski definition) is 5. The van der Waals surface area contributed by atoms with Crippen LogP contribution in [0, 0.1) is 0 Å². The van der Waals surface area contributed by atoms with Crippen LogP contribution in [0.5, 0.6) is 0 Å². The molecule has 23 heavy (non-hydrogen) atoms. The van der Waals surface area contributed by atoms with Gasteiger partial charge < -0.3 is 10.1 Å². The molecule has 0 spiro atoms. The fourth-order valence-corrected chi connectivity index (χ4v) is 3.66. The summed E-state index contributed by atoms with van der Waals surface area (Å²) in [5.41, 5.74) is 0.793. The smallest absolute Gasteiger partial charge is 0.348 e. The molecule has 0 bridgehead atoms. The lowest BCUT2D eigenvalue weighted by Crippen LogP contribution is -2.21. The Morgan fingerprint density at radius 1 is 1.22 bits per heavy atom. The number of thiophene rings is 1. The van der Waals surface area contributed by atoms with E-state index in [1.807, 2.05) is 0 Å². The van der Waals surface area contributed by atoms with Crippen molar-refractivity contribution in [2.75, 3.05) is 11.9 Å². The normalized spacial score (nSPS) is 10.2. The number of carbonyl (C=O) groups excluding carboxylic acids is 3. The third-order valence-electron chi connectivity index (χ3n) is 2.76. The number of benzene rings is 1. The molecule has 0 fully saturated rings. The van der Waals surface area contributed by atoms with Gasteiger partial charge in [-0.05, 0) is 57.0 Å². The highest BCUT2D eigenvalue weighted by molar-refractivity contribution is 9.13. The Kier molecular flexibility index (Phi) is 6.09. The van der Waals surface area contributed by atoms with Crippen molar-refractivity contribution in [3.63, 3.8) is 0 Å². The van der Waals surface area contributed by atoms with Crippen LogP contribution in [0.2, 0.25) is 0 Å². The molecule has 0 saturated heterocycles. The third-order valence-corrected chi connectivity index (χ3v) is 6.00. The minimum atomic E-state index is -0.587. The van der Waals surface area contributed by atoms with Crippen LogP contribution in [0.1, 0.15) is 27.0 Å². The van der Waals surface area contributed by atoms with Crippen molar-refractivity contribution < 1.29 is 19.1 Å². The number of anilines is 1. The largest absolute Gasteiger partial charge is 0.451 e. The summed E-state index contributed by atoms with van der Waals surface area (Å²) in [6, 6.07) is 8.25. The van der Waals surface area contributed by atoms with Crippen molar-refractivity contribution >= 4 is 66.5 Å². The SMILES string of the molecule is CC(=O)c1ccccc1NC(=O)COC(=O)c1cc(Br)c(Br)s1. The van der Waals surface area contributed by atoms with Crippen LogP contribution in [0.15, 0.2) is 38.6 Å². The first-order valence-electron chi connectivity index (χ1n) is 6.40. The molecule has 2 aromatic rings. The Hall–Kier alpha value is -1.51. The van der Waals surface area contributed by atoms with Gasteiger partial charge in [0.1, 0.15) is 4.88 Å². The molecule has 1 heterocycles. The fourth-order valence-electron chi connectivity index (χ4n) is 1.73. The Morgan fingerprint density at radius 2 is 1.91 bits per heavy atom. The highest BCUT2D eigenvalue weighted by Crippen LogP contribution is 2.32. The first-order chi connectivity index (χ1) is 10.9. The maximum Gasteiger partial charge on any atom is 0.348 e. The van der Waals surface area contributed by atoms with Crippen LogP contribution in [0.4, 0.5) is 5.69 Å². The van der Waals surface area contributed by atoms with E-state index in [0.717, 1.165) is 8.26 Å². The predicted molar refractivity (Wildman–Crippen MR) is 95.1 cm³/mol. The van der Waals surface area contributed by atoms with Crippen LogP contribution >= 0.6 is 43.2 Å². The van der Waals surface area contributed by atoms with Crippen molar-refractivity contribution in [2.24, 2.45) is 0 Å². The third kappa shape index (κ3) is 4.73. The molecule has 1 aromatic carbocycles. The number of nitrogens with one attached hydrogen (secondary N) is 1. The maximum atomic E-state index is 11.9. The highest BCUT2D eigenvalue weighted by Gasteiger charge is 2.16. The number of carbonyl (C=O) groups is 3. The summed E-state index contributed by atoms with van der Waals surface area (Å²) >= 11 is 7.76. The van der Waals surface area contributed by atoms with Crippen molar-refractivity contribution in [3.05, 3.63) is 49.0 Å². The zero-order valence-corrected chi connectivity index (χ0v) is 15.9. The van der Waals surface area contributed by atoms with E-state index in [1.165, 1.54) is 18.3 Å². The minimum Gasteiger partial charge on any atom is -0.451 e. The fraction of sp³-hybridized carbons (Fsp3) is 0.133. The van der Waals surface area contributed by atoms with E-state index in [9.17, 15) is 14.4 Å². The first-order valence-corrected chi connectivity index (χ1v) is 8.80. The number of esters is 1. The lowest BCUT2D eigenvalue weighted by atomic mass is 10.1. The average molecular weight is 461 g/mol. The molecule has 1 aromatic heterocycles. The average Bonchev–Trinajstić information content (AvgIpc) is 2.85. The van der Waals surface area contributed by atoms with Crippen LogP contribution < -0.4 is 5.32 Å². The standard InChI is InChI=1S/C15H11Br2NO4S/c1-8(19)9-4-2-3-5-11(9)18-13(20)7-22-15(21)12-6-10(16)14(17)23-12/h2-6H,7H2,1H3,(H,18,20). The van der Waals surface area contributed by atoms with Crippen molar-refractivity contribution in [3.8, 4) is 0 Å². The van der Waals surface area contributed by atoms with Gasteiger partial charge in [0.05, 0.1) is 9.47 Å². The molecule has 8 heteroatoms. The lowest BCUT2D eigenvalue weighted by Gasteiger charge is -2.09. The molecule has 2 rings (SSSR count). The van der Waals surface area contributed by atoms with Crippen LogP contribution in [0.3, 0.4) is 0 Å². The molecule has 0 aliphatic rings. The Bertz CT molecular complexity index is 753. The zero-order chi connectivity index (χ0) is 17.0. The molecule has 120 valence electrons. The lowest BCUT2D eigenvalue weighted by molar-refractivity contribution is -0.119. The van der Waals surface area contributed by atoms with Gasteiger partial charge >= 0.3 is 5.97 Å². The number of para-hydroxylation sites is 1. The first kappa shape index (κ1) is 17.8. The summed E-state index contributed by atoms with van der Waals surface area (Å²) < 4.78 is 6.48. The number of Topliss-reactive ketones (excluding diaryl/α,β-unsaturated/α-hetero) is 1. The van der Waals surface area contributed by atoms with E-state index in [4.69, 9.17) is 4.74 Å². The summed E-state index contributed by atoms with van der Waals surface area (Å²) in [5, 5.41) is 2.56. The summed E-state index contributed by atoms with van der Waals surface area (Å²) in [6.45, 7) is 0.982. The van der Waals surface area contributed by atoms with E-state index in [-0.39, 0.29) is 5.78 Å². The summed E-state index contributed by atoms with van der Waals surface area (Å²) in [6.07, 6.45) is 0. The Morgan fingerprint density at radius 3 is 2.52 bits per heavy atom. The molecule has 0 aliphatic heterocycles. The zero-order valence-electron chi connectivity index (χ0n) is 11.9. The van der Waals surface area contributed by atoms with Gasteiger partial charge in [0.15, 0.2) is 12.4 Å². The van der Waals surface area contributed by atoms with Gasteiger partial charge in [-0.15, -0.1) is 11.3 Å². The van der Waals surface area contributed by atoms with Crippen LogP contribution in [0.25, 0.3) is 0 Å². The van der Waals surface area contributed by atoms with Crippen LogP contribution in [-0.2, 0) is 9.53 Å². The number of ether oxygens (including phenoxy) is 1. The van der Waals surface area contributed by atoms with Gasteiger partial charge in [0.25, 0.3) is 5.91 Å². The molecule has 1 N–H and O–H groups in total. The second-order valence-corrected chi connectivity index (χ2v) is 7.68. The van der Waals surface area contributed by atoms with Crippen LogP contribution in [-0.4, -0.2) is 24.3 Å². The van der Waals surface area contributed by atoms with Crippen molar-refractivity contribution in [1.82, 2.24) is 0 Å². The molecule has 0 radical (unpaired) electrons. The molecule has 0 unspecified atom stereocenters. The van der Waals surface area contributed by atoms with E-state index >= 15 is 0 Å². The van der Waals surface area contributed by atoms with Gasteiger partial charge in [0.2, 0.25) is 0 Å². The van der Waals surface area contributed by atoms with Crippen molar-refractivity contribution in [1.29, 1.82) is 0 Å². The maximum absolute atomic E-state index is 11.9. The summed E-state index contributed by atoms with van der Waals surface area (Å²) in [4.78, 5) is 35.6. The second-order valence-electron chi connectivity index (χ2n) is 4.46. The number of rotatable bonds is 5. The summed E-state index contributed by atoms with van der Waals surface area (Å²) in [7, 11) is 0. The Balaban J connectivity index is 1.95. The molecule has 0 atom stereocenters. The van der Waals surface area contributed by atoms with Gasteiger partial charge in [-0.3, -0.25) is 9.59 Å². The van der Waals surface area contributed by atoms with E-state index in [0.29, 0.717) is 16.1 Å². The highest BCUT2D eigenvalue weighted by atomic mass is 79.9. The summed E-state index contributed by atoms with van der Waals surface area (Å²) in [5.74, 6) is -1.26. The quantitative estimate of drug-likeness (QED) is 0.534. The molecular formula is C15H11Br2NO4S. The molecular weight excluding hydrogens is 450 g/mol. The molecule has 5 nitrogen and oxygen atoms in total. The minimum absolute atomic E-state index is 0.161. The van der Waals surface area contributed by atoms with E-state index in [1.54, 1.807) is 30.3 Å². The topological polar surface area (TPSA) is 72.5 Å². The van der Waals surface area contributed by atoms with Crippen molar-refractivity contribution in [2.45, 2.75) is 6.92 Å². The Labute approximate surface area is 153 Å². The monoisotopic (exact) mass is 459 g/mol. The molecule has 0 saturated carbocycles. The molecule has 0 aliphatic carbocycles. The van der Waals surface area contributed by atoms with Gasteiger partial charge in [0, 0.05) is 10.0 Å². The number of ketones is 1. The van der Waals surface area contributed by atoms with Gasteiger partial charge in [-0.2, -0.15) is 0 Å². The second kappa shape index (κ2) is 7.85. The van der Waals surface area contributed by atoms with E-state index < -0.39 is 18.5 Å². The number of amides is 1. The molecule has 1 amide bonds. The van der Waals surface area contributed by atoms with E-state index in [2.05, 4.69) is 37.2 Å². The van der Waals surface area contributed by atoms with Gasteiger partial charge in [-0.1, -0.05) is 12.1 Å². The predicted octanol–water partition coefficient (Wildman–Crippen LogP) is 4.27.